The van der Waals surface area contributed by atoms with Gasteiger partial charge in [0.2, 0.25) is 0 Å². The van der Waals surface area contributed by atoms with Gasteiger partial charge in [0.1, 0.15) is 36.3 Å². The van der Waals surface area contributed by atoms with E-state index in [0.29, 0.717) is 48.6 Å². The number of amides is 1. The minimum Gasteiger partial charge on any atom is -0.491 e. The van der Waals surface area contributed by atoms with E-state index in [2.05, 4.69) is 33.1 Å². The number of piperazine rings is 1. The normalized spacial score (nSPS) is 15.7. The molecular weight excluding hydrogens is 582 g/mol. The van der Waals surface area contributed by atoms with Crippen molar-refractivity contribution in [2.45, 2.75) is 71.5 Å². The smallest absolute Gasteiger partial charge is 0.410 e. The largest absolute Gasteiger partial charge is 0.491 e. The van der Waals surface area contributed by atoms with E-state index in [0.717, 1.165) is 43.7 Å². The number of nitriles is 1. The van der Waals surface area contributed by atoms with Crippen LogP contribution in [0.3, 0.4) is 0 Å². The van der Waals surface area contributed by atoms with Gasteiger partial charge >= 0.3 is 6.09 Å². The lowest BCUT2D eigenvalue weighted by atomic mass is 10.1. The van der Waals surface area contributed by atoms with Crippen molar-refractivity contribution in [3.05, 3.63) is 60.0 Å². The second-order valence-corrected chi connectivity index (χ2v) is 13.8. The van der Waals surface area contributed by atoms with Crippen LogP contribution in [-0.2, 0) is 9.47 Å². The Morgan fingerprint density at radius 3 is 2.43 bits per heavy atom. The summed E-state index contributed by atoms with van der Waals surface area (Å²) in [6.07, 6.45) is 7.17. The first-order valence-corrected chi connectivity index (χ1v) is 15.9. The van der Waals surface area contributed by atoms with Gasteiger partial charge in [0.05, 0.1) is 29.1 Å². The molecular formula is C35H45N7O4. The van der Waals surface area contributed by atoms with Crippen molar-refractivity contribution in [3.63, 3.8) is 0 Å². The van der Waals surface area contributed by atoms with Crippen molar-refractivity contribution < 1.29 is 19.0 Å². The van der Waals surface area contributed by atoms with Gasteiger partial charge in [0.25, 0.3) is 0 Å². The summed E-state index contributed by atoms with van der Waals surface area (Å²) in [5.74, 6) is 2.44. The summed E-state index contributed by atoms with van der Waals surface area (Å²) in [5.41, 5.74) is 2.47. The topological polar surface area (TPSA) is 117 Å². The maximum absolute atomic E-state index is 12.4. The molecule has 11 heteroatoms. The highest BCUT2D eigenvalue weighted by Crippen LogP contribution is 2.43. The number of carbonyl (C=O) groups is 1. The molecule has 1 aliphatic heterocycles. The number of anilines is 2. The molecule has 1 amide bonds. The summed E-state index contributed by atoms with van der Waals surface area (Å²) in [5, 5.41) is 9.53. The van der Waals surface area contributed by atoms with Gasteiger partial charge in [-0.1, -0.05) is 0 Å². The molecule has 3 aromatic heterocycles. The third-order valence-electron chi connectivity index (χ3n) is 7.65. The zero-order valence-electron chi connectivity index (χ0n) is 27.8. The van der Waals surface area contributed by atoms with Crippen LogP contribution in [0.1, 0.15) is 71.4 Å². The van der Waals surface area contributed by atoms with Gasteiger partial charge < -0.3 is 19.1 Å². The summed E-state index contributed by atoms with van der Waals surface area (Å²) >= 11 is 0. The maximum Gasteiger partial charge on any atom is 0.410 e. The fourth-order valence-electron chi connectivity index (χ4n) is 5.03. The first kappa shape index (κ1) is 33.1. The molecule has 0 spiro atoms. The molecule has 244 valence electrons. The highest BCUT2D eigenvalue weighted by atomic mass is 16.6. The fourth-order valence-corrected chi connectivity index (χ4v) is 5.03. The lowest BCUT2D eigenvalue weighted by Crippen LogP contribution is -2.50. The Balaban J connectivity index is 1.29. The van der Waals surface area contributed by atoms with E-state index in [1.54, 1.807) is 35.6 Å². The van der Waals surface area contributed by atoms with E-state index >= 15 is 0 Å². The second-order valence-electron chi connectivity index (χ2n) is 13.8. The van der Waals surface area contributed by atoms with Gasteiger partial charge in [-0.05, 0) is 96.2 Å². The lowest BCUT2D eigenvalue weighted by molar-refractivity contribution is 0.000793. The van der Waals surface area contributed by atoms with E-state index in [1.165, 1.54) is 5.56 Å². The summed E-state index contributed by atoms with van der Waals surface area (Å²) in [7, 11) is 0. The Labute approximate surface area is 272 Å². The summed E-state index contributed by atoms with van der Waals surface area (Å²) < 4.78 is 17.8. The molecule has 5 rings (SSSR count). The third kappa shape index (κ3) is 9.37. The quantitative estimate of drug-likeness (QED) is 0.243. The molecule has 11 nitrogen and oxygen atoms in total. The first-order valence-electron chi connectivity index (χ1n) is 15.9. The molecule has 1 aliphatic carbocycles. The van der Waals surface area contributed by atoms with E-state index in [1.807, 2.05) is 52.5 Å². The zero-order chi connectivity index (χ0) is 32.9. The number of nitrogens with zero attached hydrogens (tertiary/aromatic N) is 7. The summed E-state index contributed by atoms with van der Waals surface area (Å²) in [6.45, 7) is 15.9. The van der Waals surface area contributed by atoms with Crippen molar-refractivity contribution >= 4 is 17.7 Å². The number of hydrogen-bond acceptors (Lipinski definition) is 10. The molecule has 0 radical (unpaired) electrons. The van der Waals surface area contributed by atoms with Gasteiger partial charge in [-0.3, -0.25) is 14.8 Å². The fraction of sp³-hybridized carbons (Fsp3) is 0.514. The van der Waals surface area contributed by atoms with Crippen molar-refractivity contribution in [3.8, 4) is 23.1 Å². The monoisotopic (exact) mass is 627 g/mol. The van der Waals surface area contributed by atoms with Gasteiger partial charge in [-0.15, -0.1) is 0 Å². The van der Waals surface area contributed by atoms with Crippen LogP contribution in [0.2, 0.25) is 0 Å². The van der Waals surface area contributed by atoms with E-state index in [-0.39, 0.29) is 18.4 Å². The predicted octanol–water partition coefficient (Wildman–Crippen LogP) is 6.13. The summed E-state index contributed by atoms with van der Waals surface area (Å²) in [4.78, 5) is 32.4. The summed E-state index contributed by atoms with van der Waals surface area (Å²) in [6, 6.07) is 11.9. The van der Waals surface area contributed by atoms with Gasteiger partial charge in [0, 0.05) is 50.7 Å². The molecule has 0 atom stereocenters. The van der Waals surface area contributed by atoms with Crippen LogP contribution in [0, 0.1) is 11.3 Å². The van der Waals surface area contributed by atoms with Crippen molar-refractivity contribution in [1.82, 2.24) is 24.8 Å². The number of pyridine rings is 3. The van der Waals surface area contributed by atoms with Crippen molar-refractivity contribution in [1.29, 1.82) is 5.26 Å². The number of ether oxygens (including phenoxy) is 3. The van der Waals surface area contributed by atoms with Crippen LogP contribution in [0.5, 0.6) is 5.75 Å². The highest BCUT2D eigenvalue weighted by Gasteiger charge is 2.28. The van der Waals surface area contributed by atoms with Crippen molar-refractivity contribution in [2.75, 3.05) is 51.0 Å². The molecule has 1 saturated carbocycles. The van der Waals surface area contributed by atoms with Crippen LogP contribution in [0.25, 0.3) is 11.3 Å². The van der Waals surface area contributed by atoms with Crippen LogP contribution >= 0.6 is 0 Å². The number of carbonyl (C=O) groups excluding carboxylic acids is 1. The predicted molar refractivity (Wildman–Crippen MR) is 176 cm³/mol. The molecule has 3 aromatic rings. The Bertz CT molecular complexity index is 1550. The minimum absolute atomic E-state index is 0.222. The Hall–Kier alpha value is -4.27. The average Bonchev–Trinajstić information content (AvgIpc) is 3.86. The highest BCUT2D eigenvalue weighted by molar-refractivity contribution is 5.68. The van der Waals surface area contributed by atoms with Crippen LogP contribution in [0.4, 0.5) is 16.4 Å². The first-order chi connectivity index (χ1) is 21.9. The molecule has 4 heterocycles. The third-order valence-corrected chi connectivity index (χ3v) is 7.65. The molecule has 2 fully saturated rings. The van der Waals surface area contributed by atoms with Gasteiger partial charge in [0.15, 0.2) is 0 Å². The molecule has 0 aromatic carbocycles. The molecule has 0 bridgehead atoms. The molecule has 2 aliphatic rings. The molecule has 1 saturated heterocycles. The molecule has 0 N–H and O–H groups in total. The van der Waals surface area contributed by atoms with Gasteiger partial charge in [-0.25, -0.2) is 14.8 Å². The van der Waals surface area contributed by atoms with E-state index in [9.17, 15) is 10.1 Å². The SMILES string of the molecule is CC(C)(C)OCN(c1cc(C#N)ccn1)c1cc(C2CC2)cc(-c2cncc(OCCN3CCN(C(=O)OC(C)(C)C)CC3)c2)n1. The van der Waals surface area contributed by atoms with Crippen LogP contribution in [-0.4, -0.2) is 88.1 Å². The van der Waals surface area contributed by atoms with Crippen molar-refractivity contribution in [2.24, 2.45) is 0 Å². The maximum atomic E-state index is 12.4. The lowest BCUT2D eigenvalue weighted by Gasteiger charge is -2.35. The van der Waals surface area contributed by atoms with Gasteiger partial charge in [-0.2, -0.15) is 5.26 Å². The van der Waals surface area contributed by atoms with Crippen LogP contribution < -0.4 is 9.64 Å². The Morgan fingerprint density at radius 2 is 1.76 bits per heavy atom. The van der Waals surface area contributed by atoms with E-state index < -0.39 is 5.60 Å². The molecule has 46 heavy (non-hydrogen) atoms. The second kappa shape index (κ2) is 14.0. The standard InChI is InChI=1S/C35H45N7O4/c1-34(2,3)45-24-42(31-17-25(21-36)9-10-38-31)32-20-27(26-7-8-26)19-30(39-32)28-18-29(23-37-22-28)44-16-15-40-11-13-41(14-12-40)33(43)46-35(4,5)6/h9-10,17-20,22-23,26H,7-8,11-16,24H2,1-6H3. The Morgan fingerprint density at radius 1 is 1.00 bits per heavy atom. The number of rotatable bonds is 10. The molecule has 0 unspecified atom stereocenters. The number of hydrogen-bond donors (Lipinski definition) is 0. The minimum atomic E-state index is -0.498. The average molecular weight is 628 g/mol. The number of aromatic nitrogens is 3. The van der Waals surface area contributed by atoms with E-state index in [4.69, 9.17) is 19.2 Å². The zero-order valence-corrected chi connectivity index (χ0v) is 27.8. The Kier molecular flexibility index (Phi) is 10.1. The van der Waals surface area contributed by atoms with Crippen LogP contribution in [0.15, 0.2) is 48.9 Å².